The lowest BCUT2D eigenvalue weighted by atomic mass is 9.70. The highest BCUT2D eigenvalue weighted by molar-refractivity contribution is 7.99. The molecule has 1 aliphatic heterocycles. The molecule has 0 spiro atoms. The third-order valence-corrected chi connectivity index (χ3v) is 5.99. The van der Waals surface area contributed by atoms with Crippen molar-refractivity contribution in [2.45, 2.75) is 45.1 Å². The molecule has 1 atom stereocenters. The Hall–Kier alpha value is -0.220. The second-order valence-corrected chi connectivity index (χ2v) is 7.25. The second kappa shape index (κ2) is 5.83. The number of nitrogens with two attached hydrogens (primary N) is 1. The van der Waals surface area contributed by atoms with E-state index in [1.807, 2.05) is 23.7 Å². The van der Waals surface area contributed by atoms with Crippen molar-refractivity contribution < 1.29 is 4.79 Å². The zero-order valence-electron chi connectivity index (χ0n) is 11.7. The van der Waals surface area contributed by atoms with Crippen LogP contribution in [0.1, 0.15) is 39.0 Å². The van der Waals surface area contributed by atoms with Gasteiger partial charge in [-0.2, -0.15) is 11.8 Å². The van der Waals surface area contributed by atoms with Crippen LogP contribution in [0.25, 0.3) is 0 Å². The number of carbonyl (C=O) groups is 1. The molecule has 2 N–H and O–H groups in total. The molecule has 1 aliphatic carbocycles. The molecule has 1 amide bonds. The van der Waals surface area contributed by atoms with Crippen LogP contribution < -0.4 is 5.73 Å². The molecule has 1 heterocycles. The standard InChI is InChI=1S/C14H26N2OS/c1-11-3-6-14(10-15,7-4-11)13(17)16(2)12-5-8-18-9-12/h11-12H,3-10,15H2,1-2H3. The fraction of sp³-hybridized carbons (Fsp3) is 0.929. The minimum Gasteiger partial charge on any atom is -0.341 e. The van der Waals surface area contributed by atoms with Crippen molar-refractivity contribution in [3.05, 3.63) is 0 Å². The summed E-state index contributed by atoms with van der Waals surface area (Å²) in [5.74, 6) is 3.35. The maximum Gasteiger partial charge on any atom is 0.230 e. The highest BCUT2D eigenvalue weighted by Gasteiger charge is 2.43. The number of hydrogen-bond acceptors (Lipinski definition) is 3. The SMILES string of the molecule is CC1CCC(CN)(C(=O)N(C)C2CCSC2)CC1. The Labute approximate surface area is 115 Å². The molecule has 3 nitrogen and oxygen atoms in total. The van der Waals surface area contributed by atoms with Gasteiger partial charge in [-0.15, -0.1) is 0 Å². The molecular weight excluding hydrogens is 244 g/mol. The van der Waals surface area contributed by atoms with Crippen LogP contribution in [0.5, 0.6) is 0 Å². The summed E-state index contributed by atoms with van der Waals surface area (Å²) in [6, 6.07) is 0.435. The minimum absolute atomic E-state index is 0.255. The van der Waals surface area contributed by atoms with Gasteiger partial charge in [0, 0.05) is 25.4 Å². The third-order valence-electron chi connectivity index (χ3n) is 4.85. The van der Waals surface area contributed by atoms with E-state index < -0.39 is 0 Å². The molecule has 104 valence electrons. The highest BCUT2D eigenvalue weighted by atomic mass is 32.2. The molecule has 18 heavy (non-hydrogen) atoms. The normalized spacial score (nSPS) is 36.6. The molecule has 1 saturated carbocycles. The Morgan fingerprint density at radius 3 is 2.56 bits per heavy atom. The van der Waals surface area contributed by atoms with Crippen LogP contribution in [0.4, 0.5) is 0 Å². The second-order valence-electron chi connectivity index (χ2n) is 6.10. The summed E-state index contributed by atoms with van der Waals surface area (Å²) in [7, 11) is 1.98. The molecule has 1 unspecified atom stereocenters. The van der Waals surface area contributed by atoms with Crippen LogP contribution in [0, 0.1) is 11.3 Å². The Balaban J connectivity index is 2.04. The lowest BCUT2D eigenvalue weighted by molar-refractivity contribution is -0.144. The van der Waals surface area contributed by atoms with E-state index in [-0.39, 0.29) is 5.41 Å². The van der Waals surface area contributed by atoms with Gasteiger partial charge in [0.2, 0.25) is 5.91 Å². The maximum atomic E-state index is 12.8. The first-order valence-corrected chi connectivity index (χ1v) is 8.29. The molecule has 0 aromatic rings. The minimum atomic E-state index is -0.255. The number of hydrogen-bond donors (Lipinski definition) is 1. The Bertz CT molecular complexity index is 294. The predicted octanol–water partition coefficient (Wildman–Crippen LogP) is 2.11. The van der Waals surface area contributed by atoms with Gasteiger partial charge in [-0.05, 0) is 43.8 Å². The molecule has 1 saturated heterocycles. The summed E-state index contributed by atoms with van der Waals surface area (Å²) in [5, 5.41) is 0. The maximum absolute atomic E-state index is 12.8. The van der Waals surface area contributed by atoms with Crippen molar-refractivity contribution in [3.63, 3.8) is 0 Å². The lowest BCUT2D eigenvalue weighted by Gasteiger charge is -2.41. The molecular formula is C14H26N2OS. The van der Waals surface area contributed by atoms with E-state index >= 15 is 0 Å². The van der Waals surface area contributed by atoms with Crippen molar-refractivity contribution in [2.24, 2.45) is 17.1 Å². The van der Waals surface area contributed by atoms with E-state index in [1.54, 1.807) is 0 Å². The molecule has 2 aliphatic rings. The van der Waals surface area contributed by atoms with E-state index in [0.717, 1.165) is 43.8 Å². The first-order valence-electron chi connectivity index (χ1n) is 7.14. The number of rotatable bonds is 3. The molecule has 0 aromatic carbocycles. The van der Waals surface area contributed by atoms with Crippen molar-refractivity contribution >= 4 is 17.7 Å². The van der Waals surface area contributed by atoms with E-state index in [9.17, 15) is 4.79 Å². The van der Waals surface area contributed by atoms with Crippen molar-refractivity contribution in [3.8, 4) is 0 Å². The van der Waals surface area contributed by atoms with Gasteiger partial charge < -0.3 is 10.6 Å². The van der Waals surface area contributed by atoms with Crippen LogP contribution in [0.15, 0.2) is 0 Å². The molecule has 0 radical (unpaired) electrons. The monoisotopic (exact) mass is 270 g/mol. The third kappa shape index (κ3) is 2.69. The lowest BCUT2D eigenvalue weighted by Crippen LogP contribution is -2.51. The summed E-state index contributed by atoms with van der Waals surface area (Å²) in [6.45, 7) is 2.80. The smallest absolute Gasteiger partial charge is 0.230 e. The Morgan fingerprint density at radius 2 is 2.06 bits per heavy atom. The summed E-state index contributed by atoms with van der Waals surface area (Å²) in [5.41, 5.74) is 5.71. The molecule has 0 aromatic heterocycles. The van der Waals surface area contributed by atoms with Gasteiger partial charge in [-0.3, -0.25) is 4.79 Å². The fourth-order valence-electron chi connectivity index (χ4n) is 3.19. The molecule has 2 rings (SSSR count). The zero-order valence-corrected chi connectivity index (χ0v) is 12.5. The van der Waals surface area contributed by atoms with Crippen LogP contribution >= 0.6 is 11.8 Å². The molecule has 4 heteroatoms. The van der Waals surface area contributed by atoms with Gasteiger partial charge in [0.25, 0.3) is 0 Å². The number of thioether (sulfide) groups is 1. The zero-order chi connectivity index (χ0) is 13.2. The summed E-state index contributed by atoms with van der Waals surface area (Å²) >= 11 is 1.96. The number of carbonyl (C=O) groups excluding carboxylic acids is 1. The number of amides is 1. The van der Waals surface area contributed by atoms with Gasteiger partial charge in [0.05, 0.1) is 5.41 Å². The average Bonchev–Trinajstić information content (AvgIpc) is 2.92. The van der Waals surface area contributed by atoms with Gasteiger partial charge >= 0.3 is 0 Å². The number of nitrogens with zero attached hydrogens (tertiary/aromatic N) is 1. The van der Waals surface area contributed by atoms with E-state index in [0.29, 0.717) is 18.5 Å². The van der Waals surface area contributed by atoms with Gasteiger partial charge in [0.1, 0.15) is 0 Å². The van der Waals surface area contributed by atoms with Gasteiger partial charge in [-0.25, -0.2) is 0 Å². The van der Waals surface area contributed by atoms with E-state index in [2.05, 4.69) is 6.92 Å². The first-order chi connectivity index (χ1) is 8.59. The van der Waals surface area contributed by atoms with Gasteiger partial charge in [0.15, 0.2) is 0 Å². The Kier molecular flexibility index (Phi) is 4.59. The van der Waals surface area contributed by atoms with E-state index in [4.69, 9.17) is 5.73 Å². The summed E-state index contributed by atoms with van der Waals surface area (Å²) < 4.78 is 0. The predicted molar refractivity (Wildman–Crippen MR) is 77.6 cm³/mol. The van der Waals surface area contributed by atoms with E-state index in [1.165, 1.54) is 5.75 Å². The van der Waals surface area contributed by atoms with Crippen LogP contribution in [0.3, 0.4) is 0 Å². The largest absolute Gasteiger partial charge is 0.341 e. The fourth-order valence-corrected chi connectivity index (χ4v) is 4.46. The Morgan fingerprint density at radius 1 is 1.39 bits per heavy atom. The quantitative estimate of drug-likeness (QED) is 0.854. The summed E-state index contributed by atoms with van der Waals surface area (Å²) in [6.07, 6.45) is 5.40. The van der Waals surface area contributed by atoms with Gasteiger partial charge in [-0.1, -0.05) is 6.92 Å². The van der Waals surface area contributed by atoms with Crippen LogP contribution in [-0.4, -0.2) is 41.9 Å². The summed E-state index contributed by atoms with van der Waals surface area (Å²) in [4.78, 5) is 14.8. The average molecular weight is 270 g/mol. The molecule has 0 bridgehead atoms. The molecule has 2 fully saturated rings. The van der Waals surface area contributed by atoms with Crippen molar-refractivity contribution in [1.82, 2.24) is 4.90 Å². The van der Waals surface area contributed by atoms with Crippen LogP contribution in [0.2, 0.25) is 0 Å². The van der Waals surface area contributed by atoms with Crippen molar-refractivity contribution in [2.75, 3.05) is 25.1 Å². The van der Waals surface area contributed by atoms with Crippen molar-refractivity contribution in [1.29, 1.82) is 0 Å². The first kappa shape index (κ1) is 14.2. The van der Waals surface area contributed by atoms with Crippen LogP contribution in [-0.2, 0) is 4.79 Å². The highest BCUT2D eigenvalue weighted by Crippen LogP contribution is 2.40. The topological polar surface area (TPSA) is 46.3 Å².